The molecular weight excluding hydrogens is 493 g/mol. The molecule has 0 saturated heterocycles. The Labute approximate surface area is 227 Å². The van der Waals surface area contributed by atoms with Crippen LogP contribution in [0.25, 0.3) is 0 Å². The van der Waals surface area contributed by atoms with Crippen molar-refractivity contribution in [1.82, 2.24) is 0 Å². The van der Waals surface area contributed by atoms with Crippen LogP contribution in [-0.4, -0.2) is 49.9 Å². The molecule has 0 spiro atoms. The zero-order valence-corrected chi connectivity index (χ0v) is 24.9. The fourth-order valence-electron chi connectivity index (χ4n) is 4.05. The molecule has 0 aromatic rings. The third-order valence-corrected chi connectivity index (χ3v) is 7.26. The van der Waals surface area contributed by atoms with Crippen LogP contribution in [0.3, 0.4) is 0 Å². The second kappa shape index (κ2) is 27.1. The third-order valence-electron chi connectivity index (χ3n) is 6.27. The van der Waals surface area contributed by atoms with Crippen molar-refractivity contribution in [2.45, 2.75) is 142 Å². The highest BCUT2D eigenvalue weighted by Gasteiger charge is 2.25. The van der Waals surface area contributed by atoms with Crippen molar-refractivity contribution in [3.8, 4) is 0 Å². The summed E-state index contributed by atoms with van der Waals surface area (Å²) in [6.45, 7) is 4.80. The molecule has 0 aliphatic carbocycles. The summed E-state index contributed by atoms with van der Waals surface area (Å²) < 4.78 is 32.8. The molecule has 3 N–H and O–H groups in total. The van der Waals surface area contributed by atoms with E-state index in [1.807, 2.05) is 0 Å². The molecule has 0 fully saturated rings. The van der Waals surface area contributed by atoms with E-state index in [1.54, 1.807) is 0 Å². The monoisotopic (exact) mass is 551 g/mol. The van der Waals surface area contributed by atoms with Gasteiger partial charge in [0.15, 0.2) is 0 Å². The van der Waals surface area contributed by atoms with E-state index in [9.17, 15) is 14.3 Å². The first-order chi connectivity index (χ1) is 17.9. The third kappa shape index (κ3) is 26.9. The molecule has 0 radical (unpaired) electrons. The summed E-state index contributed by atoms with van der Waals surface area (Å²) in [5.74, 6) is -0.347. The summed E-state index contributed by atoms with van der Waals surface area (Å²) in [6, 6.07) is 0. The lowest BCUT2D eigenvalue weighted by molar-refractivity contribution is -0.154. The highest BCUT2D eigenvalue weighted by Crippen LogP contribution is 2.43. The van der Waals surface area contributed by atoms with E-state index in [4.69, 9.17) is 24.3 Å². The molecular formula is C28H58NO7P. The fourth-order valence-corrected chi connectivity index (χ4v) is 4.82. The summed E-state index contributed by atoms with van der Waals surface area (Å²) in [7, 11) is -4.24. The SMILES string of the molecule is CCCCCCCCCCCCCCCCOCC(COP(=O)(O)OCCN)OC(=O)CCCCCC. The number of phosphoric acid groups is 1. The van der Waals surface area contributed by atoms with E-state index in [0.717, 1.165) is 38.5 Å². The lowest BCUT2D eigenvalue weighted by Crippen LogP contribution is -2.28. The maximum Gasteiger partial charge on any atom is 0.472 e. The van der Waals surface area contributed by atoms with Crippen molar-refractivity contribution in [2.24, 2.45) is 5.73 Å². The van der Waals surface area contributed by atoms with Crippen LogP contribution in [0.15, 0.2) is 0 Å². The summed E-state index contributed by atoms with van der Waals surface area (Å²) >= 11 is 0. The number of hydrogen-bond acceptors (Lipinski definition) is 7. The molecule has 0 saturated carbocycles. The Bertz CT molecular complexity index is 551. The normalized spacial score (nSPS) is 13.9. The molecule has 0 rings (SSSR count). The quantitative estimate of drug-likeness (QED) is 0.0559. The van der Waals surface area contributed by atoms with Crippen LogP contribution < -0.4 is 5.73 Å². The molecule has 9 heteroatoms. The predicted octanol–water partition coefficient (Wildman–Crippen LogP) is 7.46. The van der Waals surface area contributed by atoms with Crippen LogP contribution >= 0.6 is 7.82 Å². The first-order valence-electron chi connectivity index (χ1n) is 15.0. The number of unbranched alkanes of at least 4 members (excludes halogenated alkanes) is 16. The number of esters is 1. The molecule has 0 aromatic carbocycles. The average molecular weight is 552 g/mol. The largest absolute Gasteiger partial charge is 0.472 e. The van der Waals surface area contributed by atoms with Crippen molar-refractivity contribution in [3.05, 3.63) is 0 Å². The minimum absolute atomic E-state index is 0.0920. The summed E-state index contributed by atoms with van der Waals surface area (Å²) in [5.41, 5.74) is 5.30. The van der Waals surface area contributed by atoms with Crippen molar-refractivity contribution in [3.63, 3.8) is 0 Å². The van der Waals surface area contributed by atoms with Crippen LogP contribution in [0.5, 0.6) is 0 Å². The number of nitrogens with two attached hydrogens (primary N) is 1. The molecule has 0 heterocycles. The lowest BCUT2D eigenvalue weighted by Gasteiger charge is -2.20. The molecule has 2 atom stereocenters. The first kappa shape index (κ1) is 36.5. The van der Waals surface area contributed by atoms with Crippen molar-refractivity contribution < 1.29 is 32.8 Å². The Morgan fingerprint density at radius 2 is 1.19 bits per heavy atom. The van der Waals surface area contributed by atoms with E-state index in [-0.39, 0.29) is 32.3 Å². The van der Waals surface area contributed by atoms with E-state index in [0.29, 0.717) is 13.0 Å². The molecule has 222 valence electrons. The number of carbonyl (C=O) groups is 1. The number of hydrogen-bond donors (Lipinski definition) is 2. The van der Waals surface area contributed by atoms with Gasteiger partial charge in [0.05, 0.1) is 19.8 Å². The van der Waals surface area contributed by atoms with Crippen molar-refractivity contribution in [1.29, 1.82) is 0 Å². The summed E-state index contributed by atoms with van der Waals surface area (Å²) in [4.78, 5) is 21.9. The molecule has 0 bridgehead atoms. The smallest absolute Gasteiger partial charge is 0.457 e. The van der Waals surface area contributed by atoms with Gasteiger partial charge in [-0.15, -0.1) is 0 Å². The van der Waals surface area contributed by atoms with E-state index in [2.05, 4.69) is 13.8 Å². The van der Waals surface area contributed by atoms with Gasteiger partial charge in [-0.25, -0.2) is 4.57 Å². The maximum absolute atomic E-state index is 12.2. The van der Waals surface area contributed by atoms with Gasteiger partial charge in [0.25, 0.3) is 0 Å². The minimum atomic E-state index is -4.24. The second-order valence-electron chi connectivity index (χ2n) is 9.98. The standard InChI is InChI=1S/C28H58NO7P/c1-3-5-7-9-10-11-12-13-14-15-16-17-18-20-23-33-25-27(26-35-37(31,32)34-24-22-29)36-28(30)21-19-8-6-4-2/h27H,3-26,29H2,1-2H3,(H,31,32). The Hall–Kier alpha value is -0.500. The van der Waals surface area contributed by atoms with Crippen molar-refractivity contribution in [2.75, 3.05) is 33.0 Å². The van der Waals surface area contributed by atoms with E-state index >= 15 is 0 Å². The minimum Gasteiger partial charge on any atom is -0.457 e. The zero-order valence-electron chi connectivity index (χ0n) is 24.0. The fraction of sp³-hybridized carbons (Fsp3) is 0.964. The van der Waals surface area contributed by atoms with Gasteiger partial charge in [0.1, 0.15) is 6.10 Å². The number of ether oxygens (including phenoxy) is 2. The summed E-state index contributed by atoms with van der Waals surface area (Å²) in [5, 5.41) is 0. The highest BCUT2D eigenvalue weighted by atomic mass is 31.2. The molecule has 0 aliphatic heterocycles. The first-order valence-corrected chi connectivity index (χ1v) is 16.5. The number of carbonyl (C=O) groups excluding carboxylic acids is 1. The average Bonchev–Trinajstić information content (AvgIpc) is 2.88. The van der Waals surface area contributed by atoms with Gasteiger partial charge in [-0.1, -0.05) is 117 Å². The molecule has 0 aromatic heterocycles. The van der Waals surface area contributed by atoms with Gasteiger partial charge in [-0.2, -0.15) is 0 Å². The van der Waals surface area contributed by atoms with Crippen LogP contribution in [0.1, 0.15) is 136 Å². The highest BCUT2D eigenvalue weighted by molar-refractivity contribution is 7.47. The number of phosphoric ester groups is 1. The van der Waals surface area contributed by atoms with Crippen molar-refractivity contribution >= 4 is 13.8 Å². The Morgan fingerprint density at radius 3 is 1.70 bits per heavy atom. The molecule has 0 amide bonds. The topological polar surface area (TPSA) is 117 Å². The van der Waals surface area contributed by atoms with Crippen LogP contribution in [0.4, 0.5) is 0 Å². The van der Waals surface area contributed by atoms with Gasteiger partial charge in [-0.05, 0) is 12.8 Å². The van der Waals surface area contributed by atoms with Crippen LogP contribution in [0.2, 0.25) is 0 Å². The van der Waals surface area contributed by atoms with Crippen LogP contribution in [0, 0.1) is 0 Å². The van der Waals surface area contributed by atoms with Gasteiger partial charge < -0.3 is 20.1 Å². The predicted molar refractivity (Wildman–Crippen MR) is 151 cm³/mol. The van der Waals surface area contributed by atoms with E-state index in [1.165, 1.54) is 77.0 Å². The molecule has 37 heavy (non-hydrogen) atoms. The Kier molecular flexibility index (Phi) is 26.7. The Morgan fingerprint density at radius 1 is 0.703 bits per heavy atom. The lowest BCUT2D eigenvalue weighted by atomic mass is 10.0. The Balaban J connectivity index is 3.97. The maximum atomic E-state index is 12.2. The van der Waals surface area contributed by atoms with Gasteiger partial charge in [-0.3, -0.25) is 13.8 Å². The molecule has 8 nitrogen and oxygen atoms in total. The van der Waals surface area contributed by atoms with Gasteiger partial charge in [0, 0.05) is 19.6 Å². The molecule has 2 unspecified atom stereocenters. The second-order valence-corrected chi connectivity index (χ2v) is 11.4. The number of rotatable bonds is 29. The van der Waals surface area contributed by atoms with E-state index < -0.39 is 13.9 Å². The van der Waals surface area contributed by atoms with Gasteiger partial charge >= 0.3 is 13.8 Å². The zero-order chi connectivity index (χ0) is 27.5. The summed E-state index contributed by atoms with van der Waals surface area (Å²) in [6.07, 6.45) is 21.6. The van der Waals surface area contributed by atoms with Gasteiger partial charge in [0.2, 0.25) is 0 Å². The van der Waals surface area contributed by atoms with Crippen LogP contribution in [-0.2, 0) is 27.9 Å². The molecule has 0 aliphatic rings.